The highest BCUT2D eigenvalue weighted by atomic mass is 16.8. The van der Waals surface area contributed by atoms with E-state index in [1.54, 1.807) is 0 Å². The molecule has 2 fully saturated rings. The van der Waals surface area contributed by atoms with E-state index in [-0.39, 0.29) is 0 Å². The molecule has 24 heavy (non-hydrogen) atoms. The van der Waals surface area contributed by atoms with Gasteiger partial charge in [-0.1, -0.05) is 0 Å². The summed E-state index contributed by atoms with van der Waals surface area (Å²) >= 11 is 0. The quantitative estimate of drug-likeness (QED) is 0.217. The van der Waals surface area contributed by atoms with Gasteiger partial charge in [-0.25, -0.2) is 5.90 Å². The first-order chi connectivity index (χ1) is 11.3. The van der Waals surface area contributed by atoms with Crippen molar-refractivity contribution in [1.29, 1.82) is 0 Å². The average Bonchev–Trinajstić information content (AvgIpc) is 2.59. The van der Waals surface area contributed by atoms with Crippen molar-refractivity contribution >= 4 is 0 Å². The van der Waals surface area contributed by atoms with E-state index in [0.29, 0.717) is 0 Å². The number of aliphatic hydroxyl groups excluding tert-OH is 7. The van der Waals surface area contributed by atoms with Crippen molar-refractivity contribution in [3.63, 3.8) is 0 Å². The van der Waals surface area contributed by atoms with Gasteiger partial charge >= 0.3 is 0 Å². The van der Waals surface area contributed by atoms with E-state index < -0.39 is 74.6 Å². The van der Waals surface area contributed by atoms with Crippen LogP contribution in [0.2, 0.25) is 0 Å². The number of hydrogen-bond acceptors (Lipinski definition) is 12. The van der Waals surface area contributed by atoms with E-state index >= 15 is 0 Å². The lowest BCUT2D eigenvalue weighted by Gasteiger charge is -2.45. The molecule has 9 N–H and O–H groups in total. The first-order valence-corrected chi connectivity index (χ1v) is 7.29. The fourth-order valence-electron chi connectivity index (χ4n) is 2.67. The molecule has 2 rings (SSSR count). The number of rotatable bonds is 5. The molecule has 0 aromatic rings. The molecule has 10 atom stereocenters. The first-order valence-electron chi connectivity index (χ1n) is 7.29. The number of hydrogen-bond donors (Lipinski definition) is 8. The van der Waals surface area contributed by atoms with Gasteiger partial charge in [-0.2, -0.15) is 0 Å². The molecule has 0 spiro atoms. The Labute approximate surface area is 136 Å². The predicted molar refractivity (Wildman–Crippen MR) is 71.7 cm³/mol. The summed E-state index contributed by atoms with van der Waals surface area (Å²) in [6.45, 7) is -1.31. The van der Waals surface area contributed by atoms with E-state index in [9.17, 15) is 30.6 Å². The van der Waals surface area contributed by atoms with Crippen LogP contribution in [0.3, 0.4) is 0 Å². The third-order valence-electron chi connectivity index (χ3n) is 4.09. The molecule has 2 aliphatic heterocycles. The van der Waals surface area contributed by atoms with Crippen LogP contribution in [-0.2, 0) is 19.0 Å². The van der Waals surface area contributed by atoms with Gasteiger partial charge in [0, 0.05) is 0 Å². The first kappa shape index (κ1) is 19.8. The van der Waals surface area contributed by atoms with Gasteiger partial charge in [-0.05, 0) is 0 Å². The van der Waals surface area contributed by atoms with E-state index in [4.69, 9.17) is 25.2 Å². The minimum Gasteiger partial charge on any atom is -0.394 e. The maximum Gasteiger partial charge on any atom is 0.206 e. The van der Waals surface area contributed by atoms with Crippen LogP contribution < -0.4 is 5.90 Å². The third-order valence-corrected chi connectivity index (χ3v) is 4.09. The van der Waals surface area contributed by atoms with Gasteiger partial charge in [0.2, 0.25) is 6.29 Å². The Kier molecular flexibility index (Phi) is 6.83. The van der Waals surface area contributed by atoms with Crippen molar-refractivity contribution in [3.8, 4) is 0 Å². The highest BCUT2D eigenvalue weighted by Gasteiger charge is 2.50. The largest absolute Gasteiger partial charge is 0.394 e. The minimum atomic E-state index is -1.71. The second kappa shape index (κ2) is 8.27. The molecule has 0 radical (unpaired) electrons. The minimum absolute atomic E-state index is 0.647. The van der Waals surface area contributed by atoms with Gasteiger partial charge in [0.05, 0.1) is 13.2 Å². The molecule has 12 heteroatoms. The van der Waals surface area contributed by atoms with Gasteiger partial charge < -0.3 is 50.0 Å². The smallest absolute Gasteiger partial charge is 0.206 e. The maximum absolute atomic E-state index is 10.1. The summed E-state index contributed by atoms with van der Waals surface area (Å²) in [5.41, 5.74) is 0. The van der Waals surface area contributed by atoms with E-state index in [0.717, 1.165) is 0 Å². The molecule has 0 aromatic carbocycles. The highest BCUT2D eigenvalue weighted by molar-refractivity contribution is 4.93. The van der Waals surface area contributed by atoms with Crippen LogP contribution in [0, 0.1) is 0 Å². The Morgan fingerprint density at radius 3 is 1.79 bits per heavy atom. The van der Waals surface area contributed by atoms with Gasteiger partial charge in [-0.3, -0.25) is 4.84 Å². The Bertz CT molecular complexity index is 397. The third kappa shape index (κ3) is 3.70. The summed E-state index contributed by atoms with van der Waals surface area (Å²) in [5, 5.41) is 67.8. The molecule has 142 valence electrons. The van der Waals surface area contributed by atoms with Gasteiger partial charge in [0.25, 0.3) is 0 Å². The van der Waals surface area contributed by atoms with Crippen LogP contribution in [0.5, 0.6) is 0 Å². The van der Waals surface area contributed by atoms with Crippen molar-refractivity contribution < 1.29 is 54.8 Å². The maximum atomic E-state index is 10.1. The fraction of sp³-hybridized carbons (Fsp3) is 1.00. The van der Waals surface area contributed by atoms with E-state index in [1.165, 1.54) is 0 Å². The van der Waals surface area contributed by atoms with Gasteiger partial charge in [0.15, 0.2) is 6.29 Å². The van der Waals surface area contributed by atoms with Crippen molar-refractivity contribution in [2.45, 2.75) is 61.4 Å². The number of ether oxygens (including phenoxy) is 3. The lowest BCUT2D eigenvalue weighted by Crippen LogP contribution is -2.64. The molecule has 0 aliphatic carbocycles. The standard InChI is InChI=1S/C12H23NO11/c13-24-12-9(20)7(18)10(4(2-15)22-12)23-11-8(19)6(17)5(16)3(1-14)21-11/h3-12,14-20H,1-2,13H2/t3?,4?,5-,6?,7?,8-,9-,10+,11-,12-/m0/s1. The van der Waals surface area contributed by atoms with Crippen LogP contribution in [0.25, 0.3) is 0 Å². The molecule has 0 bridgehead atoms. The molecular formula is C12H23NO11. The van der Waals surface area contributed by atoms with Crippen LogP contribution in [0.15, 0.2) is 0 Å². The normalized spacial score (nSPS) is 50.0. The summed E-state index contributed by atoms with van der Waals surface area (Å²) in [4.78, 5) is 4.35. The van der Waals surface area contributed by atoms with Gasteiger partial charge in [0.1, 0.15) is 48.8 Å². The second-order valence-electron chi connectivity index (χ2n) is 5.64. The van der Waals surface area contributed by atoms with Crippen molar-refractivity contribution in [2.75, 3.05) is 13.2 Å². The second-order valence-corrected chi connectivity index (χ2v) is 5.64. The summed E-state index contributed by atoms with van der Waals surface area (Å²) in [6, 6.07) is 0. The van der Waals surface area contributed by atoms with Crippen molar-refractivity contribution in [3.05, 3.63) is 0 Å². The zero-order valence-electron chi connectivity index (χ0n) is 12.5. The molecule has 0 aromatic heterocycles. The SMILES string of the molecule is NO[C@@H]1OC(CO)[C@@H](O[C@@H]2OC(CO)[C@H](O)C(O)[C@@H]2O)C(O)[C@@H]1O. The molecule has 12 nitrogen and oxygen atoms in total. The fourth-order valence-corrected chi connectivity index (χ4v) is 2.67. The van der Waals surface area contributed by atoms with Crippen LogP contribution in [0.1, 0.15) is 0 Å². The zero-order chi connectivity index (χ0) is 18.0. The Morgan fingerprint density at radius 1 is 0.708 bits per heavy atom. The summed E-state index contributed by atoms with van der Waals surface area (Å²) in [5.74, 6) is 4.92. The molecule has 0 saturated carbocycles. The summed E-state index contributed by atoms with van der Waals surface area (Å²) in [7, 11) is 0. The van der Waals surface area contributed by atoms with Crippen LogP contribution in [-0.4, -0.2) is 110 Å². The number of nitrogens with two attached hydrogens (primary N) is 1. The molecular weight excluding hydrogens is 334 g/mol. The Hall–Kier alpha value is -0.480. The number of aliphatic hydroxyl groups is 7. The molecule has 2 heterocycles. The Morgan fingerprint density at radius 2 is 1.25 bits per heavy atom. The molecule has 2 aliphatic rings. The predicted octanol–water partition coefficient (Wildman–Crippen LogP) is -5.50. The lowest BCUT2D eigenvalue weighted by molar-refractivity contribution is -0.360. The van der Waals surface area contributed by atoms with Crippen molar-refractivity contribution in [2.24, 2.45) is 5.90 Å². The monoisotopic (exact) mass is 357 g/mol. The summed E-state index contributed by atoms with van der Waals surface area (Å²) < 4.78 is 15.6. The Balaban J connectivity index is 2.12. The van der Waals surface area contributed by atoms with Crippen molar-refractivity contribution in [1.82, 2.24) is 0 Å². The van der Waals surface area contributed by atoms with E-state index in [1.807, 2.05) is 0 Å². The molecule has 0 amide bonds. The van der Waals surface area contributed by atoms with Crippen LogP contribution in [0.4, 0.5) is 0 Å². The van der Waals surface area contributed by atoms with Gasteiger partial charge in [-0.15, -0.1) is 0 Å². The summed E-state index contributed by atoms with van der Waals surface area (Å²) in [6.07, 6.45) is -15.0. The molecule has 4 unspecified atom stereocenters. The lowest BCUT2D eigenvalue weighted by atomic mass is 9.97. The van der Waals surface area contributed by atoms with Crippen LogP contribution >= 0.6 is 0 Å². The highest BCUT2D eigenvalue weighted by Crippen LogP contribution is 2.28. The average molecular weight is 357 g/mol. The molecule has 2 saturated heterocycles. The van der Waals surface area contributed by atoms with E-state index in [2.05, 4.69) is 4.84 Å². The topological polar surface area (TPSA) is 205 Å². The zero-order valence-corrected chi connectivity index (χ0v) is 12.5.